The van der Waals surface area contributed by atoms with Crippen molar-refractivity contribution in [2.75, 3.05) is 0 Å². The maximum atomic E-state index is 15.1. The van der Waals surface area contributed by atoms with Crippen molar-refractivity contribution in [3.8, 4) is 0 Å². The summed E-state index contributed by atoms with van der Waals surface area (Å²) in [6.45, 7) is 17.3. The van der Waals surface area contributed by atoms with E-state index in [9.17, 15) is 0 Å². The maximum Gasteiger partial charge on any atom is 0.133 e. The van der Waals surface area contributed by atoms with Crippen LogP contribution in [0.4, 0.5) is 4.39 Å². The zero-order chi connectivity index (χ0) is 20.9. The second-order valence-corrected chi connectivity index (χ2v) is 9.03. The molecule has 2 aliphatic carbocycles. The summed E-state index contributed by atoms with van der Waals surface area (Å²) in [6.07, 6.45) is 7.37. The maximum absolute atomic E-state index is 15.1. The van der Waals surface area contributed by atoms with Gasteiger partial charge in [-0.3, -0.25) is 0 Å². The predicted molar refractivity (Wildman–Crippen MR) is 120 cm³/mol. The lowest BCUT2D eigenvalue weighted by Crippen LogP contribution is -2.33. The van der Waals surface area contributed by atoms with Gasteiger partial charge in [0.25, 0.3) is 0 Å². The van der Waals surface area contributed by atoms with Crippen molar-refractivity contribution < 1.29 is 4.39 Å². The van der Waals surface area contributed by atoms with E-state index in [1.54, 1.807) is 0 Å². The molecule has 0 saturated heterocycles. The highest BCUT2D eigenvalue weighted by molar-refractivity contribution is 5.69. The summed E-state index contributed by atoms with van der Waals surface area (Å²) in [5.74, 6) is -0.0470. The van der Waals surface area contributed by atoms with Gasteiger partial charge in [-0.1, -0.05) is 78.3 Å². The molecule has 2 bridgehead atoms. The predicted octanol–water partition coefficient (Wildman–Crippen LogP) is 7.78. The van der Waals surface area contributed by atoms with Gasteiger partial charge >= 0.3 is 0 Å². The highest BCUT2D eigenvalue weighted by Crippen LogP contribution is 2.50. The number of rotatable bonds is 2. The molecule has 0 aromatic heterocycles. The van der Waals surface area contributed by atoms with Gasteiger partial charge in [-0.15, -0.1) is 0 Å². The molecule has 0 amide bonds. The zero-order valence-corrected chi connectivity index (χ0v) is 18.9. The Morgan fingerprint density at radius 3 is 2.29 bits per heavy atom. The zero-order valence-electron chi connectivity index (χ0n) is 18.9. The summed E-state index contributed by atoms with van der Waals surface area (Å²) < 4.78 is 15.1. The van der Waals surface area contributed by atoms with Crippen LogP contribution >= 0.6 is 0 Å². The van der Waals surface area contributed by atoms with Crippen LogP contribution in [0, 0.1) is 19.7 Å². The second kappa shape index (κ2) is 7.17. The molecule has 0 nitrogen and oxygen atoms in total. The van der Waals surface area contributed by atoms with Crippen LogP contribution in [0.5, 0.6) is 0 Å². The molecule has 2 aliphatic rings. The molecule has 0 N–H and O–H groups in total. The summed E-state index contributed by atoms with van der Waals surface area (Å²) in [4.78, 5) is 0. The lowest BCUT2D eigenvalue weighted by molar-refractivity contribution is 0.515. The third-order valence-corrected chi connectivity index (χ3v) is 6.77. The third-order valence-electron chi connectivity index (χ3n) is 6.77. The van der Waals surface area contributed by atoms with Crippen molar-refractivity contribution in [2.24, 2.45) is 0 Å². The Balaban J connectivity index is 0.00000109. The first-order chi connectivity index (χ1) is 13.2. The average molecular weight is 379 g/mol. The van der Waals surface area contributed by atoms with E-state index >= 15 is 4.39 Å². The summed E-state index contributed by atoms with van der Waals surface area (Å²) in [5, 5.41) is 0. The third kappa shape index (κ3) is 2.86. The van der Waals surface area contributed by atoms with Crippen molar-refractivity contribution in [3.63, 3.8) is 0 Å². The van der Waals surface area contributed by atoms with Gasteiger partial charge in [-0.05, 0) is 65.6 Å². The summed E-state index contributed by atoms with van der Waals surface area (Å²) >= 11 is 0. The van der Waals surface area contributed by atoms with Crippen molar-refractivity contribution in [1.29, 1.82) is 0 Å². The molecular weight excluding hydrogens is 343 g/mol. The molecule has 2 aromatic rings. The van der Waals surface area contributed by atoms with Crippen molar-refractivity contribution in [3.05, 3.63) is 74.6 Å². The fourth-order valence-corrected chi connectivity index (χ4v) is 5.54. The van der Waals surface area contributed by atoms with Gasteiger partial charge in [-0.2, -0.15) is 0 Å². The van der Waals surface area contributed by atoms with Crippen LogP contribution in [0.2, 0.25) is 0 Å². The molecule has 0 fully saturated rings. The van der Waals surface area contributed by atoms with E-state index < -0.39 is 0 Å². The van der Waals surface area contributed by atoms with Crippen LogP contribution in [0.3, 0.4) is 0 Å². The van der Waals surface area contributed by atoms with Crippen LogP contribution in [-0.4, -0.2) is 0 Å². The molecule has 1 atom stereocenters. The molecule has 1 unspecified atom stereocenters. The molecule has 0 aliphatic heterocycles. The summed E-state index contributed by atoms with van der Waals surface area (Å²) in [6, 6.07) is 6.70. The number of hydrogen-bond donors (Lipinski definition) is 0. The van der Waals surface area contributed by atoms with E-state index in [4.69, 9.17) is 0 Å². The highest BCUT2D eigenvalue weighted by atomic mass is 19.1. The largest absolute Gasteiger partial charge is 0.206 e. The van der Waals surface area contributed by atoms with E-state index in [1.807, 2.05) is 20.8 Å². The second-order valence-electron chi connectivity index (χ2n) is 9.03. The van der Waals surface area contributed by atoms with Crippen LogP contribution in [0.15, 0.2) is 24.3 Å². The van der Waals surface area contributed by atoms with Gasteiger partial charge < -0.3 is 0 Å². The molecule has 0 saturated carbocycles. The molecule has 0 radical (unpaired) electrons. The highest BCUT2D eigenvalue weighted by Gasteiger charge is 2.40. The molecule has 4 rings (SSSR count). The quantitative estimate of drug-likeness (QED) is 0.500. The number of allylic oxidation sites excluding steroid dienone is 1. The molecule has 0 spiro atoms. The van der Waals surface area contributed by atoms with Crippen LogP contribution in [0.1, 0.15) is 98.9 Å². The topological polar surface area (TPSA) is 0 Å². The van der Waals surface area contributed by atoms with Crippen LogP contribution in [0.25, 0.3) is 6.08 Å². The number of halogens is 1. The smallest absolute Gasteiger partial charge is 0.133 e. The van der Waals surface area contributed by atoms with E-state index in [0.717, 1.165) is 30.4 Å². The summed E-state index contributed by atoms with van der Waals surface area (Å²) in [7, 11) is 0. The van der Waals surface area contributed by atoms with Crippen molar-refractivity contribution >= 4 is 6.08 Å². The van der Waals surface area contributed by atoms with Crippen molar-refractivity contribution in [2.45, 2.75) is 85.5 Å². The Bertz CT molecular complexity index is 945. The monoisotopic (exact) mass is 378 g/mol. The fraction of sp³-hybridized carbons (Fsp3) is 0.481. The van der Waals surface area contributed by atoms with Gasteiger partial charge in [0.05, 0.1) is 0 Å². The molecule has 150 valence electrons. The van der Waals surface area contributed by atoms with Gasteiger partial charge in [-0.25, -0.2) is 4.39 Å². The Morgan fingerprint density at radius 1 is 0.964 bits per heavy atom. The lowest BCUT2D eigenvalue weighted by Gasteiger charge is -2.42. The van der Waals surface area contributed by atoms with Crippen LogP contribution < -0.4 is 0 Å². The number of aryl methyl sites for hydroxylation is 2. The molecule has 0 heterocycles. The van der Waals surface area contributed by atoms with E-state index in [2.05, 4.69) is 65.0 Å². The summed E-state index contributed by atoms with van der Waals surface area (Å²) in [5.41, 5.74) is 9.58. The Labute approximate surface area is 170 Å². The van der Waals surface area contributed by atoms with Gasteiger partial charge in [0.1, 0.15) is 5.82 Å². The van der Waals surface area contributed by atoms with Gasteiger partial charge in [0, 0.05) is 16.4 Å². The fourth-order valence-electron chi connectivity index (χ4n) is 5.54. The first-order valence-electron chi connectivity index (χ1n) is 10.9. The molecular formula is C27H35F. The minimum atomic E-state index is -0.103. The average Bonchev–Trinajstić information content (AvgIpc) is 2.64. The standard InChI is InChI=1S/C25H29F.C2H6/c1-7-11-25(6)12-10-17-18-14-19-20(25)9-8-15(2)22(19)24(4,5)21(18)13-16(3)23(17)26;1-2/h8-10,12-13H,7,11,14H2,1-6H3;1-2H3/b12-10-;. The normalized spacial score (nSPS) is 21.9. The van der Waals surface area contributed by atoms with E-state index in [1.165, 1.54) is 33.4 Å². The van der Waals surface area contributed by atoms with E-state index in [0.29, 0.717) is 0 Å². The molecule has 1 heteroatoms. The number of benzene rings is 2. The lowest BCUT2D eigenvalue weighted by atomic mass is 9.61. The first kappa shape index (κ1) is 20.8. The minimum Gasteiger partial charge on any atom is -0.206 e. The Kier molecular flexibility index (Phi) is 5.34. The number of hydrogen-bond acceptors (Lipinski definition) is 0. The van der Waals surface area contributed by atoms with Crippen molar-refractivity contribution in [1.82, 2.24) is 0 Å². The SMILES string of the molecule is CC.CCCC1(C)/C=C\c2c(F)c(C)cc3c2Cc2c1ccc(C)c2C3(C)C. The van der Waals surface area contributed by atoms with E-state index in [-0.39, 0.29) is 16.6 Å². The minimum absolute atomic E-state index is 0.0470. The Morgan fingerprint density at radius 2 is 1.64 bits per heavy atom. The van der Waals surface area contributed by atoms with Crippen LogP contribution in [-0.2, 0) is 17.3 Å². The first-order valence-corrected chi connectivity index (χ1v) is 10.9. The molecule has 2 aromatic carbocycles. The Hall–Kier alpha value is -1.89. The molecule has 28 heavy (non-hydrogen) atoms. The van der Waals surface area contributed by atoms with Gasteiger partial charge in [0.2, 0.25) is 0 Å². The van der Waals surface area contributed by atoms with Gasteiger partial charge in [0.15, 0.2) is 0 Å².